The first-order chi connectivity index (χ1) is 14.3. The minimum atomic E-state index is -3.16. The van der Waals surface area contributed by atoms with Gasteiger partial charge in [0, 0.05) is 51.5 Å². The van der Waals surface area contributed by atoms with Crippen LogP contribution in [0.3, 0.4) is 0 Å². The molecule has 8 nitrogen and oxygen atoms in total. The Morgan fingerprint density at radius 1 is 1.10 bits per heavy atom. The Morgan fingerprint density at radius 3 is 2.37 bits per heavy atom. The number of sulfonamides is 1. The normalized spacial score (nSPS) is 16.4. The highest BCUT2D eigenvalue weighted by Crippen LogP contribution is 2.30. The zero-order chi connectivity index (χ0) is 21.5. The summed E-state index contributed by atoms with van der Waals surface area (Å²) >= 11 is 0. The molecular formula is C21H26N4O4S. The first-order valence-corrected chi connectivity index (χ1v) is 11.7. The monoisotopic (exact) mass is 430 g/mol. The van der Waals surface area contributed by atoms with Gasteiger partial charge < -0.3 is 14.7 Å². The second kappa shape index (κ2) is 7.99. The van der Waals surface area contributed by atoms with Crippen molar-refractivity contribution in [2.75, 3.05) is 32.4 Å². The van der Waals surface area contributed by atoms with Crippen LogP contribution in [0.15, 0.2) is 45.7 Å². The van der Waals surface area contributed by atoms with Crippen LogP contribution in [-0.4, -0.2) is 54.6 Å². The van der Waals surface area contributed by atoms with Gasteiger partial charge in [-0.1, -0.05) is 24.3 Å². The summed E-state index contributed by atoms with van der Waals surface area (Å²) in [5.41, 5.74) is 9.00. The molecule has 3 heterocycles. The molecule has 3 aromatic rings. The number of aryl methyl sites for hydroxylation is 1. The van der Waals surface area contributed by atoms with Gasteiger partial charge in [-0.05, 0) is 17.2 Å². The first kappa shape index (κ1) is 20.8. The van der Waals surface area contributed by atoms with Crippen LogP contribution in [0.1, 0.15) is 11.3 Å². The molecule has 1 fully saturated rings. The van der Waals surface area contributed by atoms with Crippen molar-refractivity contribution < 1.29 is 12.8 Å². The zero-order valence-electron chi connectivity index (χ0n) is 17.2. The van der Waals surface area contributed by atoms with E-state index in [4.69, 9.17) is 10.2 Å². The second-order valence-electron chi connectivity index (χ2n) is 7.75. The van der Waals surface area contributed by atoms with Gasteiger partial charge in [0.25, 0.3) is 5.56 Å². The Bertz CT molecular complexity index is 1220. The number of nitrogens with zero attached hydrogens (tertiary/aromatic N) is 3. The Morgan fingerprint density at radius 2 is 1.77 bits per heavy atom. The lowest BCUT2D eigenvalue weighted by atomic mass is 10.0. The Labute approximate surface area is 175 Å². The maximum atomic E-state index is 12.7. The predicted octanol–water partition coefficient (Wildman–Crippen LogP) is 1.33. The van der Waals surface area contributed by atoms with Gasteiger partial charge in [-0.2, -0.15) is 4.31 Å². The van der Waals surface area contributed by atoms with E-state index in [1.54, 1.807) is 23.9 Å². The van der Waals surface area contributed by atoms with Crippen molar-refractivity contribution >= 4 is 21.0 Å². The second-order valence-corrected chi connectivity index (χ2v) is 9.74. The number of pyridine rings is 1. The average Bonchev–Trinajstić information content (AvgIpc) is 3.14. The lowest BCUT2D eigenvalue weighted by Gasteiger charge is -2.32. The van der Waals surface area contributed by atoms with Crippen LogP contribution < -0.4 is 11.3 Å². The van der Waals surface area contributed by atoms with E-state index in [9.17, 15) is 13.2 Å². The standard InChI is InChI=1S/C21H26N4O4S/c1-23-14-19(16-5-3-15(12-22)4-6-16)20-18(21(23)26)11-17(29-20)13-24-7-9-25(10-8-24)30(2,27)28/h3-6,11,14H,7-10,12-13,22H2,1-2H3. The van der Waals surface area contributed by atoms with Crippen molar-refractivity contribution in [3.8, 4) is 11.1 Å². The van der Waals surface area contributed by atoms with Crippen LogP contribution >= 0.6 is 0 Å². The van der Waals surface area contributed by atoms with Gasteiger partial charge in [0.05, 0.1) is 18.2 Å². The van der Waals surface area contributed by atoms with Crippen molar-refractivity contribution in [2.24, 2.45) is 12.8 Å². The van der Waals surface area contributed by atoms with Crippen LogP contribution in [0.2, 0.25) is 0 Å². The van der Waals surface area contributed by atoms with Gasteiger partial charge in [-0.25, -0.2) is 8.42 Å². The molecule has 0 amide bonds. The molecule has 0 saturated carbocycles. The van der Waals surface area contributed by atoms with Crippen molar-refractivity contribution in [1.82, 2.24) is 13.8 Å². The summed E-state index contributed by atoms with van der Waals surface area (Å²) in [5, 5.41) is 0.544. The van der Waals surface area contributed by atoms with Crippen LogP contribution in [0, 0.1) is 0 Å². The van der Waals surface area contributed by atoms with E-state index in [1.165, 1.54) is 10.6 Å². The minimum absolute atomic E-state index is 0.107. The highest BCUT2D eigenvalue weighted by Gasteiger charge is 2.24. The van der Waals surface area contributed by atoms with Crippen molar-refractivity contribution in [1.29, 1.82) is 0 Å². The molecule has 2 aromatic heterocycles. The van der Waals surface area contributed by atoms with E-state index in [0.29, 0.717) is 56.0 Å². The lowest BCUT2D eigenvalue weighted by molar-refractivity contribution is 0.172. The number of aromatic nitrogens is 1. The van der Waals surface area contributed by atoms with Crippen LogP contribution in [0.25, 0.3) is 22.1 Å². The Balaban J connectivity index is 1.63. The van der Waals surface area contributed by atoms with Gasteiger partial charge in [-0.3, -0.25) is 9.69 Å². The maximum absolute atomic E-state index is 12.7. The molecule has 4 rings (SSSR count). The highest BCUT2D eigenvalue weighted by molar-refractivity contribution is 7.88. The van der Waals surface area contributed by atoms with Gasteiger partial charge in [0.15, 0.2) is 0 Å². The van der Waals surface area contributed by atoms with Crippen LogP contribution in [0.4, 0.5) is 0 Å². The number of fused-ring (bicyclic) bond motifs is 1. The molecule has 2 N–H and O–H groups in total. The van der Waals surface area contributed by atoms with E-state index >= 15 is 0 Å². The SMILES string of the molecule is Cn1cc(-c2ccc(CN)cc2)c2oc(CN3CCN(S(C)(=O)=O)CC3)cc2c1=O. The molecule has 0 spiro atoms. The Hall–Kier alpha value is -2.46. The molecule has 9 heteroatoms. The number of piperazine rings is 1. The molecule has 0 bridgehead atoms. The predicted molar refractivity (Wildman–Crippen MR) is 116 cm³/mol. The number of furan rings is 1. The molecule has 160 valence electrons. The van der Waals surface area contributed by atoms with Crippen LogP contribution in [-0.2, 0) is 30.2 Å². The third-order valence-electron chi connectivity index (χ3n) is 5.58. The molecule has 0 aliphatic carbocycles. The van der Waals surface area contributed by atoms with E-state index in [-0.39, 0.29) is 5.56 Å². The molecule has 0 atom stereocenters. The van der Waals surface area contributed by atoms with E-state index in [2.05, 4.69) is 4.90 Å². The number of rotatable bonds is 5. The van der Waals surface area contributed by atoms with Crippen molar-refractivity contribution in [3.63, 3.8) is 0 Å². The largest absolute Gasteiger partial charge is 0.459 e. The van der Waals surface area contributed by atoms with E-state index in [1.807, 2.05) is 24.3 Å². The van der Waals surface area contributed by atoms with Gasteiger partial charge in [-0.15, -0.1) is 0 Å². The number of hydrogen-bond donors (Lipinski definition) is 1. The fraction of sp³-hybridized carbons (Fsp3) is 0.381. The summed E-state index contributed by atoms with van der Waals surface area (Å²) in [5.74, 6) is 0.695. The Kier molecular flexibility index (Phi) is 5.54. The molecule has 1 saturated heterocycles. The zero-order valence-corrected chi connectivity index (χ0v) is 18.0. The molecule has 1 aromatic carbocycles. The topological polar surface area (TPSA) is 102 Å². The third kappa shape index (κ3) is 4.06. The first-order valence-electron chi connectivity index (χ1n) is 9.85. The summed E-state index contributed by atoms with van der Waals surface area (Å²) in [7, 11) is -1.43. The summed E-state index contributed by atoms with van der Waals surface area (Å²) in [6.45, 7) is 3.16. The molecule has 30 heavy (non-hydrogen) atoms. The highest BCUT2D eigenvalue weighted by atomic mass is 32.2. The van der Waals surface area contributed by atoms with Gasteiger partial charge >= 0.3 is 0 Å². The number of benzene rings is 1. The van der Waals surface area contributed by atoms with Gasteiger partial charge in [0.1, 0.15) is 11.3 Å². The van der Waals surface area contributed by atoms with E-state index in [0.717, 1.165) is 16.7 Å². The average molecular weight is 431 g/mol. The van der Waals surface area contributed by atoms with Crippen molar-refractivity contribution in [2.45, 2.75) is 13.1 Å². The summed E-state index contributed by atoms with van der Waals surface area (Å²) in [4.78, 5) is 14.8. The van der Waals surface area contributed by atoms with Crippen LogP contribution in [0.5, 0.6) is 0 Å². The third-order valence-corrected chi connectivity index (χ3v) is 6.88. The number of hydrogen-bond acceptors (Lipinski definition) is 6. The summed E-state index contributed by atoms with van der Waals surface area (Å²) in [6, 6.07) is 9.70. The van der Waals surface area contributed by atoms with Gasteiger partial charge in [0.2, 0.25) is 10.0 Å². The van der Waals surface area contributed by atoms with Crippen molar-refractivity contribution in [3.05, 3.63) is 58.2 Å². The molecule has 0 radical (unpaired) electrons. The maximum Gasteiger partial charge on any atom is 0.261 e. The summed E-state index contributed by atoms with van der Waals surface area (Å²) in [6.07, 6.45) is 3.03. The summed E-state index contributed by atoms with van der Waals surface area (Å²) < 4.78 is 32.6. The number of nitrogens with two attached hydrogens (primary N) is 1. The minimum Gasteiger partial charge on any atom is -0.459 e. The quantitative estimate of drug-likeness (QED) is 0.655. The smallest absolute Gasteiger partial charge is 0.261 e. The fourth-order valence-electron chi connectivity index (χ4n) is 3.85. The molecular weight excluding hydrogens is 404 g/mol. The molecule has 0 unspecified atom stereocenters. The molecule has 1 aliphatic heterocycles. The fourth-order valence-corrected chi connectivity index (χ4v) is 4.67. The van der Waals surface area contributed by atoms with E-state index < -0.39 is 10.0 Å². The molecule has 1 aliphatic rings. The lowest BCUT2D eigenvalue weighted by Crippen LogP contribution is -2.47.